The summed E-state index contributed by atoms with van der Waals surface area (Å²) >= 11 is 3.40. The Balaban J connectivity index is 2.55. The van der Waals surface area contributed by atoms with E-state index in [-0.39, 0.29) is 0 Å². The number of carbonyl (C=O) groups excluding carboxylic acids is 1. The Labute approximate surface area is 108 Å². The molecule has 0 bridgehead atoms. The van der Waals surface area contributed by atoms with Crippen molar-refractivity contribution in [3.8, 4) is 11.5 Å². The number of ether oxygens (including phenoxy) is 2. The highest BCUT2D eigenvalue weighted by atomic mass is 79.9. The van der Waals surface area contributed by atoms with Crippen LogP contribution < -0.4 is 9.47 Å². The van der Waals surface area contributed by atoms with Crippen LogP contribution in [0.1, 0.15) is 18.4 Å². The second-order valence-electron chi connectivity index (χ2n) is 3.92. The fourth-order valence-corrected chi connectivity index (χ4v) is 2.36. The lowest BCUT2D eigenvalue weighted by Gasteiger charge is -2.16. The summed E-state index contributed by atoms with van der Waals surface area (Å²) < 4.78 is 11.4. The van der Waals surface area contributed by atoms with Crippen molar-refractivity contribution in [3.05, 3.63) is 22.2 Å². The Morgan fingerprint density at radius 1 is 1.29 bits per heavy atom. The molecule has 1 aromatic rings. The van der Waals surface area contributed by atoms with Gasteiger partial charge in [0.1, 0.15) is 17.0 Å². The third kappa shape index (κ3) is 2.08. The third-order valence-electron chi connectivity index (χ3n) is 2.96. The topological polar surface area (TPSA) is 47.9 Å². The predicted molar refractivity (Wildman–Crippen MR) is 66.3 cm³/mol. The quantitative estimate of drug-likeness (QED) is 0.634. The van der Waals surface area contributed by atoms with Crippen LogP contribution in [0.3, 0.4) is 0 Å². The van der Waals surface area contributed by atoms with Gasteiger partial charge in [0.25, 0.3) is 0 Å². The van der Waals surface area contributed by atoms with Crippen molar-refractivity contribution in [1.29, 1.82) is 0 Å². The van der Waals surface area contributed by atoms with Gasteiger partial charge in [-0.25, -0.2) is 4.79 Å². The Bertz CT molecular complexity index is 491. The lowest BCUT2D eigenvalue weighted by Crippen LogP contribution is -2.06. The van der Waals surface area contributed by atoms with Gasteiger partial charge in [0.05, 0.1) is 18.7 Å². The van der Waals surface area contributed by atoms with E-state index in [1.807, 2.05) is 12.1 Å². The van der Waals surface area contributed by atoms with E-state index in [4.69, 9.17) is 9.47 Å². The van der Waals surface area contributed by atoms with Crippen LogP contribution >= 0.6 is 15.9 Å². The molecule has 1 saturated carbocycles. The smallest absolute Gasteiger partial charge is 0.235 e. The molecule has 90 valence electrons. The lowest BCUT2D eigenvalue weighted by atomic mass is 10.0. The molecule has 1 aliphatic carbocycles. The van der Waals surface area contributed by atoms with Crippen molar-refractivity contribution >= 4 is 22.0 Å². The number of halogens is 1. The molecule has 1 aromatic carbocycles. The van der Waals surface area contributed by atoms with Crippen molar-refractivity contribution < 1.29 is 14.3 Å². The van der Waals surface area contributed by atoms with Crippen LogP contribution in [0.2, 0.25) is 0 Å². The van der Waals surface area contributed by atoms with Crippen molar-refractivity contribution in [1.82, 2.24) is 0 Å². The van der Waals surface area contributed by atoms with Gasteiger partial charge in [-0.05, 0) is 40.9 Å². The molecule has 17 heavy (non-hydrogen) atoms. The molecule has 2 rings (SSSR count). The average molecular weight is 298 g/mol. The average Bonchev–Trinajstić information content (AvgIpc) is 3.10. The summed E-state index contributed by atoms with van der Waals surface area (Å²) in [6.45, 7) is 0. The molecule has 0 aliphatic heterocycles. The first-order valence-electron chi connectivity index (χ1n) is 5.18. The lowest BCUT2D eigenvalue weighted by molar-refractivity contribution is 0.392. The summed E-state index contributed by atoms with van der Waals surface area (Å²) in [7, 11) is 3.19. The van der Waals surface area contributed by atoms with Crippen molar-refractivity contribution in [3.63, 3.8) is 0 Å². The number of hydrogen-bond acceptors (Lipinski definition) is 4. The molecule has 1 aliphatic rings. The van der Waals surface area contributed by atoms with Gasteiger partial charge in [-0.15, -0.1) is 0 Å². The molecule has 5 heteroatoms. The van der Waals surface area contributed by atoms with Crippen LogP contribution in [0.25, 0.3) is 0 Å². The normalized spacial score (nSPS) is 15.9. The van der Waals surface area contributed by atoms with Gasteiger partial charge in [-0.3, -0.25) is 0 Å². The summed E-state index contributed by atoms with van der Waals surface area (Å²) in [6.07, 6.45) is 3.31. The highest BCUT2D eigenvalue weighted by Crippen LogP contribution is 2.53. The summed E-state index contributed by atoms with van der Waals surface area (Å²) in [6, 6.07) is 3.69. The first-order chi connectivity index (χ1) is 8.16. The fourth-order valence-electron chi connectivity index (χ4n) is 1.87. The highest BCUT2D eigenvalue weighted by molar-refractivity contribution is 9.10. The minimum atomic E-state index is -0.457. The van der Waals surface area contributed by atoms with E-state index in [9.17, 15) is 4.79 Å². The number of methoxy groups -OCH3 is 2. The number of isocyanates is 1. The zero-order valence-corrected chi connectivity index (χ0v) is 11.2. The molecule has 0 aromatic heterocycles. The van der Waals surface area contributed by atoms with Crippen molar-refractivity contribution in [2.45, 2.75) is 18.4 Å². The maximum absolute atomic E-state index is 10.5. The van der Waals surface area contributed by atoms with E-state index in [0.717, 1.165) is 22.9 Å². The maximum Gasteiger partial charge on any atom is 0.235 e. The van der Waals surface area contributed by atoms with Crippen LogP contribution in [0.15, 0.2) is 21.6 Å². The number of benzene rings is 1. The molecular formula is C12H12BrNO3. The van der Waals surface area contributed by atoms with Crippen molar-refractivity contribution in [2.75, 3.05) is 14.2 Å². The van der Waals surface area contributed by atoms with Crippen LogP contribution in [0.4, 0.5) is 0 Å². The van der Waals surface area contributed by atoms with E-state index < -0.39 is 5.54 Å². The van der Waals surface area contributed by atoms with E-state index in [1.165, 1.54) is 0 Å². The number of rotatable bonds is 4. The standard InChI is InChI=1S/C12H12BrNO3/c1-16-10-6-9(13)11(17-2)5-8(10)12(3-4-12)14-7-15/h5-6H,3-4H2,1-2H3. The largest absolute Gasteiger partial charge is 0.496 e. The molecule has 1 fully saturated rings. The molecule has 0 unspecified atom stereocenters. The molecule has 0 saturated heterocycles. The van der Waals surface area contributed by atoms with Gasteiger partial charge in [0.15, 0.2) is 0 Å². The zero-order chi connectivity index (χ0) is 12.5. The summed E-state index contributed by atoms with van der Waals surface area (Å²) in [5, 5.41) is 0. The van der Waals surface area contributed by atoms with Crippen LogP contribution in [0.5, 0.6) is 11.5 Å². The van der Waals surface area contributed by atoms with E-state index >= 15 is 0 Å². The number of hydrogen-bond donors (Lipinski definition) is 0. The van der Waals surface area contributed by atoms with E-state index in [2.05, 4.69) is 20.9 Å². The minimum Gasteiger partial charge on any atom is -0.496 e. The van der Waals surface area contributed by atoms with Gasteiger partial charge in [0.2, 0.25) is 6.08 Å². The maximum atomic E-state index is 10.5. The molecule has 0 spiro atoms. The SMILES string of the molecule is COc1cc(C2(N=C=O)CC2)c(OC)cc1Br. The second kappa shape index (κ2) is 4.51. The van der Waals surface area contributed by atoms with Gasteiger partial charge in [-0.2, -0.15) is 4.99 Å². The van der Waals surface area contributed by atoms with Gasteiger partial charge < -0.3 is 9.47 Å². The Kier molecular flexibility index (Phi) is 3.22. The first kappa shape index (κ1) is 12.1. The Hall–Kier alpha value is -1.32. The zero-order valence-electron chi connectivity index (χ0n) is 9.62. The highest BCUT2D eigenvalue weighted by Gasteiger charge is 2.47. The Morgan fingerprint density at radius 3 is 2.41 bits per heavy atom. The fraction of sp³-hybridized carbons (Fsp3) is 0.417. The van der Waals surface area contributed by atoms with E-state index in [1.54, 1.807) is 20.3 Å². The molecule has 0 radical (unpaired) electrons. The Morgan fingerprint density at radius 2 is 1.94 bits per heavy atom. The van der Waals surface area contributed by atoms with E-state index in [0.29, 0.717) is 11.5 Å². The summed E-state index contributed by atoms with van der Waals surface area (Å²) in [5.74, 6) is 1.40. The molecule has 0 amide bonds. The van der Waals surface area contributed by atoms with Crippen LogP contribution in [0, 0.1) is 0 Å². The van der Waals surface area contributed by atoms with Crippen molar-refractivity contribution in [2.24, 2.45) is 4.99 Å². The third-order valence-corrected chi connectivity index (χ3v) is 3.58. The summed E-state index contributed by atoms with van der Waals surface area (Å²) in [5.41, 5.74) is 0.421. The van der Waals surface area contributed by atoms with Gasteiger partial charge in [-0.1, -0.05) is 0 Å². The number of nitrogens with zero attached hydrogens (tertiary/aromatic N) is 1. The molecule has 0 atom stereocenters. The molecular weight excluding hydrogens is 286 g/mol. The van der Waals surface area contributed by atoms with Crippen LogP contribution in [-0.2, 0) is 10.3 Å². The van der Waals surface area contributed by atoms with Gasteiger partial charge in [0, 0.05) is 5.56 Å². The second-order valence-corrected chi connectivity index (χ2v) is 4.78. The monoisotopic (exact) mass is 297 g/mol. The molecule has 0 N–H and O–H groups in total. The number of aliphatic imine (C=N–C) groups is 1. The molecule has 4 nitrogen and oxygen atoms in total. The van der Waals surface area contributed by atoms with Gasteiger partial charge >= 0.3 is 0 Å². The predicted octanol–water partition coefficient (Wildman–Crippen LogP) is 2.79. The molecule has 0 heterocycles. The minimum absolute atomic E-state index is 0.457. The summed E-state index contributed by atoms with van der Waals surface area (Å²) in [4.78, 5) is 14.4. The first-order valence-corrected chi connectivity index (χ1v) is 5.97. The van der Waals surface area contributed by atoms with Crippen LogP contribution in [-0.4, -0.2) is 20.3 Å².